The Bertz CT molecular complexity index is 1680. The number of pyridine rings is 2. The molecule has 1 saturated carbocycles. The number of furan rings is 1. The number of nitrogens with two attached hydrogens (primary N) is 1. The second-order valence-electron chi connectivity index (χ2n) is 10.6. The first-order valence-corrected chi connectivity index (χ1v) is 13.6. The van der Waals surface area contributed by atoms with Gasteiger partial charge in [0.1, 0.15) is 0 Å². The van der Waals surface area contributed by atoms with Crippen LogP contribution in [0.2, 0.25) is 0 Å². The summed E-state index contributed by atoms with van der Waals surface area (Å²) in [6, 6.07) is 8.45. The third kappa shape index (κ3) is 4.68. The van der Waals surface area contributed by atoms with Gasteiger partial charge in [-0.1, -0.05) is 18.9 Å². The van der Waals surface area contributed by atoms with Gasteiger partial charge in [0.05, 0.1) is 23.9 Å². The van der Waals surface area contributed by atoms with Crippen molar-refractivity contribution in [1.29, 1.82) is 0 Å². The molecule has 0 atom stereocenters. The van der Waals surface area contributed by atoms with Crippen LogP contribution in [0.5, 0.6) is 0 Å². The molecule has 0 aliphatic heterocycles. The second kappa shape index (κ2) is 10.0. The van der Waals surface area contributed by atoms with Crippen LogP contribution in [-0.4, -0.2) is 31.7 Å². The van der Waals surface area contributed by atoms with Gasteiger partial charge >= 0.3 is 0 Å². The van der Waals surface area contributed by atoms with Crippen LogP contribution in [0.1, 0.15) is 48.1 Å². The van der Waals surface area contributed by atoms with E-state index in [1.54, 1.807) is 12.5 Å². The van der Waals surface area contributed by atoms with Crippen LogP contribution in [0.3, 0.4) is 0 Å². The summed E-state index contributed by atoms with van der Waals surface area (Å²) >= 11 is 0. The van der Waals surface area contributed by atoms with Gasteiger partial charge in [0, 0.05) is 70.6 Å². The van der Waals surface area contributed by atoms with Crippen LogP contribution < -0.4 is 11.1 Å². The Labute approximate surface area is 226 Å². The molecule has 8 heteroatoms. The molecule has 0 amide bonds. The maximum Gasteiger partial charge on any atom is 0.181 e. The van der Waals surface area contributed by atoms with Gasteiger partial charge in [0.15, 0.2) is 5.65 Å². The topological polar surface area (TPSA) is 121 Å². The van der Waals surface area contributed by atoms with E-state index in [9.17, 15) is 0 Å². The molecule has 0 unspecified atom stereocenters. The summed E-state index contributed by atoms with van der Waals surface area (Å²) in [7, 11) is 0. The molecular weight excluding hydrogens is 486 g/mol. The SMILES string of the molecule is NC1=CC=C(c2ccoc2)c2cc(-c3[nH]nc4ncc(-c5cncc(CNCC6CCCC6)c5)cc34)[nH]c2C1. The molecule has 7 rings (SSSR count). The molecule has 0 saturated heterocycles. The number of nitrogens with zero attached hydrogens (tertiary/aromatic N) is 3. The van der Waals surface area contributed by atoms with Crippen molar-refractivity contribution < 1.29 is 4.42 Å². The van der Waals surface area contributed by atoms with E-state index in [4.69, 9.17) is 10.2 Å². The number of hydrogen-bond acceptors (Lipinski definition) is 6. The predicted molar refractivity (Wildman–Crippen MR) is 152 cm³/mol. The Morgan fingerprint density at radius 3 is 2.79 bits per heavy atom. The van der Waals surface area contributed by atoms with Gasteiger partial charge in [0.25, 0.3) is 0 Å². The fourth-order valence-corrected chi connectivity index (χ4v) is 5.86. The molecule has 0 spiro atoms. The summed E-state index contributed by atoms with van der Waals surface area (Å²) in [5.74, 6) is 0.814. The lowest BCUT2D eigenvalue weighted by molar-refractivity contribution is 0.489. The van der Waals surface area contributed by atoms with Gasteiger partial charge in [-0.2, -0.15) is 5.10 Å². The van der Waals surface area contributed by atoms with E-state index in [0.29, 0.717) is 12.1 Å². The predicted octanol–water partition coefficient (Wildman–Crippen LogP) is 5.72. The van der Waals surface area contributed by atoms with E-state index in [1.807, 2.05) is 30.7 Å². The summed E-state index contributed by atoms with van der Waals surface area (Å²) in [6.45, 7) is 1.90. The molecule has 196 valence electrons. The van der Waals surface area contributed by atoms with Crippen LogP contribution in [-0.2, 0) is 13.0 Å². The number of H-pyrrole nitrogens is 2. The fourth-order valence-electron chi connectivity index (χ4n) is 5.86. The highest BCUT2D eigenvalue weighted by molar-refractivity contribution is 5.94. The number of hydrogen-bond donors (Lipinski definition) is 4. The van der Waals surface area contributed by atoms with Crippen molar-refractivity contribution in [2.75, 3.05) is 6.54 Å². The van der Waals surface area contributed by atoms with E-state index in [2.05, 4.69) is 54.7 Å². The monoisotopic (exact) mass is 517 g/mol. The summed E-state index contributed by atoms with van der Waals surface area (Å²) < 4.78 is 5.36. The maximum absolute atomic E-state index is 6.27. The summed E-state index contributed by atoms with van der Waals surface area (Å²) in [5, 5.41) is 12.3. The number of nitrogens with one attached hydrogen (secondary N) is 3. The number of rotatable bonds is 7. The number of allylic oxidation sites excluding steroid dienone is 3. The van der Waals surface area contributed by atoms with Crippen molar-refractivity contribution in [3.8, 4) is 22.5 Å². The number of aromatic nitrogens is 5. The van der Waals surface area contributed by atoms with E-state index in [1.165, 1.54) is 31.2 Å². The molecule has 0 bridgehead atoms. The first-order valence-electron chi connectivity index (χ1n) is 13.6. The smallest absolute Gasteiger partial charge is 0.181 e. The fraction of sp³-hybridized carbons (Fsp3) is 0.258. The largest absolute Gasteiger partial charge is 0.472 e. The molecular formula is C31H31N7O. The minimum atomic E-state index is 0.635. The molecule has 2 aliphatic carbocycles. The van der Waals surface area contributed by atoms with Crippen LogP contribution >= 0.6 is 0 Å². The lowest BCUT2D eigenvalue weighted by Gasteiger charge is -2.11. The minimum absolute atomic E-state index is 0.635. The van der Waals surface area contributed by atoms with Crippen molar-refractivity contribution in [1.82, 2.24) is 30.5 Å². The van der Waals surface area contributed by atoms with Crippen molar-refractivity contribution in [2.45, 2.75) is 38.6 Å². The van der Waals surface area contributed by atoms with Gasteiger partial charge in [-0.3, -0.25) is 10.1 Å². The molecule has 0 aromatic carbocycles. The molecule has 2 aliphatic rings. The number of fused-ring (bicyclic) bond motifs is 2. The molecule has 5 aromatic rings. The van der Waals surface area contributed by atoms with E-state index in [0.717, 1.165) is 75.0 Å². The van der Waals surface area contributed by atoms with Crippen LogP contribution in [0.25, 0.3) is 39.1 Å². The second-order valence-corrected chi connectivity index (χ2v) is 10.6. The summed E-state index contributed by atoms with van der Waals surface area (Å²) in [5.41, 5.74) is 17.0. The molecule has 39 heavy (non-hydrogen) atoms. The van der Waals surface area contributed by atoms with Crippen molar-refractivity contribution in [3.05, 3.63) is 95.6 Å². The third-order valence-electron chi connectivity index (χ3n) is 7.91. The highest BCUT2D eigenvalue weighted by Gasteiger charge is 2.20. The van der Waals surface area contributed by atoms with Gasteiger partial charge in [-0.05, 0) is 66.8 Å². The average molecular weight is 518 g/mol. The molecule has 5 N–H and O–H groups in total. The quantitative estimate of drug-likeness (QED) is 0.219. The minimum Gasteiger partial charge on any atom is -0.472 e. The van der Waals surface area contributed by atoms with Gasteiger partial charge < -0.3 is 20.5 Å². The lowest BCUT2D eigenvalue weighted by atomic mass is 10.00. The van der Waals surface area contributed by atoms with Crippen molar-refractivity contribution in [3.63, 3.8) is 0 Å². The standard InChI is InChI=1S/C31H31N7O/c32-24-5-6-25(21-7-8-39-18-21)26-12-29(36-28(26)11-24)30-27-10-23(17-35-31(27)38-37-30)22-9-20(15-34-16-22)14-33-13-19-3-1-2-4-19/h5-10,12,15-19,33,36H,1-4,11,13-14,32H2,(H,35,37,38). The zero-order valence-electron chi connectivity index (χ0n) is 21.7. The van der Waals surface area contributed by atoms with Crippen LogP contribution in [0.4, 0.5) is 0 Å². The first kappa shape index (κ1) is 23.7. The lowest BCUT2D eigenvalue weighted by Crippen LogP contribution is -2.20. The highest BCUT2D eigenvalue weighted by atomic mass is 16.3. The third-order valence-corrected chi connectivity index (χ3v) is 7.91. The zero-order chi connectivity index (χ0) is 26.2. The van der Waals surface area contributed by atoms with E-state index < -0.39 is 0 Å². The van der Waals surface area contributed by atoms with Crippen LogP contribution in [0, 0.1) is 5.92 Å². The Hall–Kier alpha value is -4.43. The van der Waals surface area contributed by atoms with Gasteiger partial charge in [0.2, 0.25) is 0 Å². The van der Waals surface area contributed by atoms with Crippen molar-refractivity contribution >= 4 is 16.6 Å². The zero-order valence-corrected chi connectivity index (χ0v) is 21.7. The maximum atomic E-state index is 6.27. The van der Waals surface area contributed by atoms with E-state index in [-0.39, 0.29) is 0 Å². The number of aromatic amines is 2. The Balaban J connectivity index is 1.19. The Morgan fingerprint density at radius 1 is 1.03 bits per heavy atom. The summed E-state index contributed by atoms with van der Waals surface area (Å²) in [4.78, 5) is 12.8. The molecule has 5 aromatic heterocycles. The Morgan fingerprint density at radius 2 is 1.92 bits per heavy atom. The molecule has 1 fully saturated rings. The van der Waals surface area contributed by atoms with E-state index >= 15 is 0 Å². The molecule has 5 heterocycles. The van der Waals surface area contributed by atoms with Gasteiger partial charge in [-0.15, -0.1) is 0 Å². The molecule has 0 radical (unpaired) electrons. The van der Waals surface area contributed by atoms with Crippen molar-refractivity contribution in [2.24, 2.45) is 11.7 Å². The normalized spacial score (nSPS) is 15.8. The van der Waals surface area contributed by atoms with Crippen LogP contribution in [0.15, 0.2) is 77.6 Å². The summed E-state index contributed by atoms with van der Waals surface area (Å²) in [6.07, 6.45) is 19.2. The first-order chi connectivity index (χ1) is 19.2. The average Bonchev–Trinajstić information content (AvgIpc) is 3.76. The van der Waals surface area contributed by atoms with Gasteiger partial charge in [-0.25, -0.2) is 4.98 Å². The highest BCUT2D eigenvalue weighted by Crippen LogP contribution is 2.36. The Kier molecular flexibility index (Phi) is 6.09. The molecule has 8 nitrogen and oxygen atoms in total.